The first-order valence-corrected chi connectivity index (χ1v) is 7.77. The van der Waals surface area contributed by atoms with E-state index in [2.05, 4.69) is 0 Å². The van der Waals surface area contributed by atoms with Gasteiger partial charge in [0.25, 0.3) is 0 Å². The van der Waals surface area contributed by atoms with E-state index >= 15 is 0 Å². The first-order valence-electron chi connectivity index (χ1n) is 7.77. The van der Waals surface area contributed by atoms with Crippen LogP contribution >= 0.6 is 0 Å². The zero-order valence-corrected chi connectivity index (χ0v) is 14.0. The molecule has 1 saturated heterocycles. The first kappa shape index (κ1) is 17.9. The number of hydrogen-bond donors (Lipinski definition) is 1. The summed E-state index contributed by atoms with van der Waals surface area (Å²) < 4.78 is 5.40. The lowest BCUT2D eigenvalue weighted by Gasteiger charge is -2.40. The summed E-state index contributed by atoms with van der Waals surface area (Å²) in [6, 6.07) is 7.51. The van der Waals surface area contributed by atoms with Crippen molar-refractivity contribution < 1.29 is 24.2 Å². The van der Waals surface area contributed by atoms with Crippen LogP contribution in [0.3, 0.4) is 0 Å². The highest BCUT2D eigenvalue weighted by molar-refractivity contribution is 5.91. The van der Waals surface area contributed by atoms with E-state index in [1.54, 1.807) is 6.92 Å². The summed E-state index contributed by atoms with van der Waals surface area (Å²) in [6.07, 6.45) is -0.512. The van der Waals surface area contributed by atoms with Gasteiger partial charge in [-0.2, -0.15) is 0 Å². The van der Waals surface area contributed by atoms with Gasteiger partial charge in [-0.15, -0.1) is 0 Å². The summed E-state index contributed by atoms with van der Waals surface area (Å²) in [5.74, 6) is -1.83. The molecule has 0 aromatic heterocycles. The fourth-order valence-corrected chi connectivity index (χ4v) is 2.65. The number of amides is 2. The number of benzene rings is 1. The monoisotopic (exact) mass is 334 g/mol. The Morgan fingerprint density at radius 3 is 2.58 bits per heavy atom. The number of carbonyl (C=O) groups excluding carboxylic acids is 2. The molecule has 1 aromatic carbocycles. The van der Waals surface area contributed by atoms with E-state index in [1.165, 1.54) is 18.9 Å². The molecule has 7 nitrogen and oxygen atoms in total. The Morgan fingerprint density at radius 2 is 2.00 bits per heavy atom. The molecule has 7 heteroatoms. The van der Waals surface area contributed by atoms with Crippen LogP contribution in [0.15, 0.2) is 30.3 Å². The Kier molecular flexibility index (Phi) is 5.56. The van der Waals surface area contributed by atoms with Crippen LogP contribution in [0.4, 0.5) is 0 Å². The lowest BCUT2D eigenvalue weighted by atomic mass is 10.0. The van der Waals surface area contributed by atoms with Crippen LogP contribution in [-0.2, 0) is 25.7 Å². The van der Waals surface area contributed by atoms with Crippen LogP contribution in [0, 0.1) is 0 Å². The van der Waals surface area contributed by atoms with Gasteiger partial charge in [0, 0.05) is 13.6 Å². The predicted molar refractivity (Wildman–Crippen MR) is 86.1 cm³/mol. The highest BCUT2D eigenvalue weighted by Crippen LogP contribution is 2.21. The second-order valence-corrected chi connectivity index (χ2v) is 5.93. The van der Waals surface area contributed by atoms with Gasteiger partial charge in [0.05, 0.1) is 6.10 Å². The van der Waals surface area contributed by atoms with Gasteiger partial charge in [-0.25, -0.2) is 4.79 Å². The van der Waals surface area contributed by atoms with Crippen molar-refractivity contribution in [3.63, 3.8) is 0 Å². The van der Waals surface area contributed by atoms with Gasteiger partial charge < -0.3 is 19.6 Å². The predicted octanol–water partition coefficient (Wildman–Crippen LogP) is 0.734. The highest BCUT2D eigenvalue weighted by atomic mass is 16.5. The standard InChI is InChI=1S/C17H22N2O5/c1-11(17(22)23)18(3)16(21)15-12(2)24-10-14(20)19(15)9-13-7-5-4-6-8-13/h4-8,11-12,15H,9-10H2,1-3H3,(H,22,23)/t11?,12-,15+/m1/s1. The maximum atomic E-state index is 12.8. The van der Waals surface area contributed by atoms with E-state index in [4.69, 9.17) is 9.84 Å². The second-order valence-electron chi connectivity index (χ2n) is 5.93. The molecule has 2 amide bonds. The van der Waals surface area contributed by atoms with Crippen LogP contribution in [0.25, 0.3) is 0 Å². The van der Waals surface area contributed by atoms with E-state index in [-0.39, 0.29) is 19.1 Å². The fourth-order valence-electron chi connectivity index (χ4n) is 2.65. The molecule has 3 atom stereocenters. The van der Waals surface area contributed by atoms with E-state index in [0.717, 1.165) is 10.5 Å². The topological polar surface area (TPSA) is 87.1 Å². The van der Waals surface area contributed by atoms with E-state index in [1.807, 2.05) is 30.3 Å². The Balaban J connectivity index is 2.26. The molecule has 1 unspecified atom stereocenters. The molecule has 1 fully saturated rings. The summed E-state index contributed by atoms with van der Waals surface area (Å²) in [5.41, 5.74) is 0.895. The third-order valence-corrected chi connectivity index (χ3v) is 4.31. The highest BCUT2D eigenvalue weighted by Gasteiger charge is 2.41. The summed E-state index contributed by atoms with van der Waals surface area (Å²) in [5, 5.41) is 9.11. The number of carboxylic acid groups (broad SMARTS) is 1. The number of carboxylic acids is 1. The van der Waals surface area contributed by atoms with Crippen molar-refractivity contribution >= 4 is 17.8 Å². The fraction of sp³-hybridized carbons (Fsp3) is 0.471. The van der Waals surface area contributed by atoms with Crippen LogP contribution < -0.4 is 0 Å². The average Bonchev–Trinajstić information content (AvgIpc) is 2.57. The van der Waals surface area contributed by atoms with Crippen molar-refractivity contribution in [2.24, 2.45) is 0 Å². The Morgan fingerprint density at radius 1 is 1.38 bits per heavy atom. The largest absolute Gasteiger partial charge is 0.480 e. The number of rotatable bonds is 5. The summed E-state index contributed by atoms with van der Waals surface area (Å²) in [6.45, 7) is 3.33. The summed E-state index contributed by atoms with van der Waals surface area (Å²) in [4.78, 5) is 38.8. The number of likely N-dealkylation sites (N-methyl/N-ethyl adjacent to an activating group) is 1. The molecule has 2 rings (SSSR count). The number of ether oxygens (including phenoxy) is 1. The molecule has 1 heterocycles. The third-order valence-electron chi connectivity index (χ3n) is 4.31. The van der Waals surface area contributed by atoms with Gasteiger partial charge in [0.2, 0.25) is 11.8 Å². The summed E-state index contributed by atoms with van der Waals surface area (Å²) in [7, 11) is 1.42. The minimum atomic E-state index is -1.10. The van der Waals surface area contributed by atoms with E-state index in [9.17, 15) is 14.4 Å². The molecule has 0 aliphatic carbocycles. The van der Waals surface area contributed by atoms with Gasteiger partial charge in [-0.05, 0) is 19.4 Å². The number of aliphatic carboxylic acids is 1. The van der Waals surface area contributed by atoms with Gasteiger partial charge in [-0.3, -0.25) is 9.59 Å². The smallest absolute Gasteiger partial charge is 0.326 e. The molecule has 1 aliphatic heterocycles. The van der Waals surface area contributed by atoms with Gasteiger partial charge >= 0.3 is 5.97 Å². The quantitative estimate of drug-likeness (QED) is 0.858. The van der Waals surface area contributed by atoms with Crippen LogP contribution in [0.1, 0.15) is 19.4 Å². The molecule has 0 bridgehead atoms. The molecule has 130 valence electrons. The minimum absolute atomic E-state index is 0.0873. The SMILES string of the molecule is CC(C(=O)O)N(C)C(=O)[C@@H]1[C@@H](C)OCC(=O)N1Cc1ccccc1. The zero-order valence-electron chi connectivity index (χ0n) is 14.0. The molecule has 1 aliphatic rings. The molecule has 0 saturated carbocycles. The van der Waals surface area contributed by atoms with E-state index < -0.39 is 30.1 Å². The Labute approximate surface area is 140 Å². The number of carbonyl (C=O) groups is 3. The molecule has 1 aromatic rings. The van der Waals surface area contributed by atoms with Crippen LogP contribution in [0.5, 0.6) is 0 Å². The number of hydrogen-bond acceptors (Lipinski definition) is 4. The van der Waals surface area contributed by atoms with Gasteiger partial charge in [0.1, 0.15) is 18.7 Å². The van der Waals surface area contributed by atoms with Crippen molar-refractivity contribution in [1.82, 2.24) is 9.80 Å². The maximum Gasteiger partial charge on any atom is 0.326 e. The Hall–Kier alpha value is -2.41. The lowest BCUT2D eigenvalue weighted by Crippen LogP contribution is -2.61. The van der Waals surface area contributed by atoms with Gasteiger partial charge in [-0.1, -0.05) is 30.3 Å². The minimum Gasteiger partial charge on any atom is -0.480 e. The van der Waals surface area contributed by atoms with Crippen molar-refractivity contribution in [1.29, 1.82) is 0 Å². The molecule has 0 spiro atoms. The van der Waals surface area contributed by atoms with Crippen LogP contribution in [0.2, 0.25) is 0 Å². The lowest BCUT2D eigenvalue weighted by molar-refractivity contribution is -0.169. The summed E-state index contributed by atoms with van der Waals surface area (Å²) >= 11 is 0. The van der Waals surface area contributed by atoms with Gasteiger partial charge in [0.15, 0.2) is 0 Å². The molecular weight excluding hydrogens is 312 g/mol. The zero-order chi connectivity index (χ0) is 17.9. The number of nitrogens with zero attached hydrogens (tertiary/aromatic N) is 2. The van der Waals surface area contributed by atoms with E-state index in [0.29, 0.717) is 0 Å². The molecule has 1 N–H and O–H groups in total. The first-order chi connectivity index (χ1) is 11.3. The second kappa shape index (κ2) is 7.44. The van der Waals surface area contributed by atoms with Crippen molar-refractivity contribution in [3.05, 3.63) is 35.9 Å². The molecule has 24 heavy (non-hydrogen) atoms. The van der Waals surface area contributed by atoms with Crippen LogP contribution in [-0.4, -0.2) is 64.5 Å². The maximum absolute atomic E-state index is 12.8. The average molecular weight is 334 g/mol. The normalized spacial score (nSPS) is 22.1. The molecule has 0 radical (unpaired) electrons. The third kappa shape index (κ3) is 3.73. The van der Waals surface area contributed by atoms with Crippen molar-refractivity contribution in [2.45, 2.75) is 38.6 Å². The molecular formula is C17H22N2O5. The Bertz CT molecular complexity index is 619. The number of morpholine rings is 1. The van der Waals surface area contributed by atoms with Crippen molar-refractivity contribution in [3.8, 4) is 0 Å². The van der Waals surface area contributed by atoms with Crippen molar-refractivity contribution in [2.75, 3.05) is 13.7 Å².